The van der Waals surface area contributed by atoms with E-state index in [0.29, 0.717) is 19.5 Å². The van der Waals surface area contributed by atoms with Gasteiger partial charge >= 0.3 is 0 Å². The first-order valence-electron chi connectivity index (χ1n) is 6.41. The summed E-state index contributed by atoms with van der Waals surface area (Å²) in [5, 5.41) is 11.8. The Morgan fingerprint density at radius 3 is 2.39 bits per heavy atom. The van der Waals surface area contributed by atoms with Gasteiger partial charge < -0.3 is 16.2 Å². The highest BCUT2D eigenvalue weighted by atomic mass is 16.3. The van der Waals surface area contributed by atoms with E-state index in [1.807, 2.05) is 24.3 Å². The van der Waals surface area contributed by atoms with E-state index in [2.05, 4.69) is 5.32 Å². The summed E-state index contributed by atoms with van der Waals surface area (Å²) < 4.78 is 0. The molecule has 4 N–H and O–H groups in total. The molecule has 1 amide bonds. The number of carbonyl (C=O) groups is 1. The molecular weight excluding hydrogens is 228 g/mol. The van der Waals surface area contributed by atoms with E-state index >= 15 is 0 Å². The largest absolute Gasteiger partial charge is 0.392 e. The summed E-state index contributed by atoms with van der Waals surface area (Å²) in [6.07, 6.45) is 3.45. The Labute approximate surface area is 108 Å². The first-order valence-corrected chi connectivity index (χ1v) is 6.41. The van der Waals surface area contributed by atoms with Crippen molar-refractivity contribution in [3.05, 3.63) is 35.4 Å². The van der Waals surface area contributed by atoms with Crippen LogP contribution in [0.5, 0.6) is 0 Å². The SMILES string of the molecule is NCCCCCC(=O)NCc1ccc(CO)cc1. The highest BCUT2D eigenvalue weighted by molar-refractivity contribution is 5.75. The van der Waals surface area contributed by atoms with E-state index in [1.54, 1.807) is 0 Å². The number of aliphatic hydroxyl groups is 1. The molecule has 0 unspecified atom stereocenters. The van der Waals surface area contributed by atoms with Gasteiger partial charge in [-0.25, -0.2) is 0 Å². The molecule has 100 valence electrons. The quantitative estimate of drug-likeness (QED) is 0.609. The van der Waals surface area contributed by atoms with Gasteiger partial charge in [0.2, 0.25) is 5.91 Å². The van der Waals surface area contributed by atoms with Crippen LogP contribution in [0.1, 0.15) is 36.8 Å². The molecule has 0 aromatic heterocycles. The van der Waals surface area contributed by atoms with Crippen LogP contribution in [-0.2, 0) is 17.9 Å². The first kappa shape index (κ1) is 14.7. The van der Waals surface area contributed by atoms with Gasteiger partial charge in [0, 0.05) is 13.0 Å². The van der Waals surface area contributed by atoms with E-state index in [9.17, 15) is 4.79 Å². The molecule has 18 heavy (non-hydrogen) atoms. The fraction of sp³-hybridized carbons (Fsp3) is 0.500. The van der Waals surface area contributed by atoms with Gasteiger partial charge in [0.25, 0.3) is 0 Å². The standard InChI is InChI=1S/C14H22N2O2/c15-9-3-1-2-4-14(18)16-10-12-5-7-13(11-17)8-6-12/h5-8,17H,1-4,9-11,15H2,(H,16,18). The molecule has 0 saturated carbocycles. The van der Waals surface area contributed by atoms with Crippen molar-refractivity contribution in [3.63, 3.8) is 0 Å². The molecule has 1 aromatic rings. The molecule has 0 saturated heterocycles. The van der Waals surface area contributed by atoms with E-state index in [4.69, 9.17) is 10.8 Å². The third kappa shape index (κ3) is 5.80. The molecular formula is C14H22N2O2. The van der Waals surface area contributed by atoms with Crippen LogP contribution in [0.4, 0.5) is 0 Å². The topological polar surface area (TPSA) is 75.4 Å². The second-order valence-corrected chi connectivity index (χ2v) is 4.35. The molecule has 0 spiro atoms. The minimum absolute atomic E-state index is 0.0494. The van der Waals surface area contributed by atoms with Crippen molar-refractivity contribution in [2.24, 2.45) is 5.73 Å². The molecule has 1 aromatic carbocycles. The lowest BCUT2D eigenvalue weighted by molar-refractivity contribution is -0.121. The lowest BCUT2D eigenvalue weighted by atomic mass is 10.1. The predicted octanol–water partition coefficient (Wildman–Crippen LogP) is 1.31. The summed E-state index contributed by atoms with van der Waals surface area (Å²) in [4.78, 5) is 11.5. The zero-order chi connectivity index (χ0) is 13.2. The zero-order valence-corrected chi connectivity index (χ0v) is 10.7. The number of nitrogens with one attached hydrogen (secondary N) is 1. The zero-order valence-electron chi connectivity index (χ0n) is 10.7. The Morgan fingerprint density at radius 1 is 1.11 bits per heavy atom. The average Bonchev–Trinajstić information content (AvgIpc) is 2.42. The van der Waals surface area contributed by atoms with E-state index in [1.165, 1.54) is 0 Å². The predicted molar refractivity (Wildman–Crippen MR) is 71.7 cm³/mol. The van der Waals surface area contributed by atoms with E-state index < -0.39 is 0 Å². The fourth-order valence-corrected chi connectivity index (χ4v) is 1.66. The summed E-state index contributed by atoms with van der Waals surface area (Å²) in [7, 11) is 0. The maximum absolute atomic E-state index is 11.5. The molecule has 4 heteroatoms. The third-order valence-corrected chi connectivity index (χ3v) is 2.80. The van der Waals surface area contributed by atoms with Crippen LogP contribution in [0.15, 0.2) is 24.3 Å². The molecule has 0 aliphatic carbocycles. The van der Waals surface area contributed by atoms with Crippen LogP contribution < -0.4 is 11.1 Å². The molecule has 0 bridgehead atoms. The number of hydrogen-bond donors (Lipinski definition) is 3. The summed E-state index contributed by atoms with van der Waals surface area (Å²) in [6.45, 7) is 1.29. The van der Waals surface area contributed by atoms with Crippen LogP contribution >= 0.6 is 0 Å². The molecule has 1 rings (SSSR count). The van der Waals surface area contributed by atoms with Crippen molar-refractivity contribution in [1.82, 2.24) is 5.32 Å². The number of rotatable bonds is 8. The number of benzene rings is 1. The van der Waals surface area contributed by atoms with Crippen molar-refractivity contribution in [2.45, 2.75) is 38.8 Å². The lowest BCUT2D eigenvalue weighted by Gasteiger charge is -2.06. The van der Waals surface area contributed by atoms with Crippen LogP contribution in [0.3, 0.4) is 0 Å². The summed E-state index contributed by atoms with van der Waals surface area (Å²) in [5.41, 5.74) is 7.31. The smallest absolute Gasteiger partial charge is 0.220 e. The second-order valence-electron chi connectivity index (χ2n) is 4.35. The van der Waals surface area contributed by atoms with Crippen LogP contribution in [-0.4, -0.2) is 17.6 Å². The van der Waals surface area contributed by atoms with Gasteiger partial charge in [-0.2, -0.15) is 0 Å². The van der Waals surface area contributed by atoms with Crippen molar-refractivity contribution >= 4 is 5.91 Å². The van der Waals surface area contributed by atoms with Crippen molar-refractivity contribution in [2.75, 3.05) is 6.54 Å². The van der Waals surface area contributed by atoms with Crippen molar-refractivity contribution in [3.8, 4) is 0 Å². The summed E-state index contributed by atoms with van der Waals surface area (Å²) >= 11 is 0. The minimum atomic E-state index is 0.0494. The first-order chi connectivity index (χ1) is 8.76. The van der Waals surface area contributed by atoms with E-state index in [-0.39, 0.29) is 12.5 Å². The number of hydrogen-bond acceptors (Lipinski definition) is 3. The van der Waals surface area contributed by atoms with Gasteiger partial charge in [-0.3, -0.25) is 4.79 Å². The summed E-state index contributed by atoms with van der Waals surface area (Å²) in [5.74, 6) is 0.0817. The molecule has 0 aliphatic rings. The maximum atomic E-state index is 11.5. The lowest BCUT2D eigenvalue weighted by Crippen LogP contribution is -2.22. The summed E-state index contributed by atoms with van der Waals surface area (Å²) in [6, 6.07) is 7.56. The van der Waals surface area contributed by atoms with Crippen LogP contribution in [0, 0.1) is 0 Å². The van der Waals surface area contributed by atoms with Gasteiger partial charge in [-0.15, -0.1) is 0 Å². The fourth-order valence-electron chi connectivity index (χ4n) is 1.66. The highest BCUT2D eigenvalue weighted by Gasteiger charge is 2.01. The Bertz CT molecular complexity index is 349. The average molecular weight is 250 g/mol. The van der Waals surface area contributed by atoms with Crippen LogP contribution in [0.2, 0.25) is 0 Å². The minimum Gasteiger partial charge on any atom is -0.392 e. The molecule has 0 fully saturated rings. The molecule has 4 nitrogen and oxygen atoms in total. The van der Waals surface area contributed by atoms with Gasteiger partial charge in [-0.1, -0.05) is 30.7 Å². The number of amides is 1. The normalized spacial score (nSPS) is 10.3. The van der Waals surface area contributed by atoms with E-state index in [0.717, 1.165) is 30.4 Å². The Hall–Kier alpha value is -1.39. The second kappa shape index (κ2) is 8.66. The Morgan fingerprint density at radius 2 is 1.78 bits per heavy atom. The molecule has 0 atom stereocenters. The molecule has 0 radical (unpaired) electrons. The monoisotopic (exact) mass is 250 g/mol. The number of carbonyl (C=O) groups excluding carboxylic acids is 1. The van der Waals surface area contributed by atoms with Gasteiger partial charge in [-0.05, 0) is 30.5 Å². The van der Waals surface area contributed by atoms with Gasteiger partial charge in [0.05, 0.1) is 6.61 Å². The van der Waals surface area contributed by atoms with Crippen molar-refractivity contribution in [1.29, 1.82) is 0 Å². The number of nitrogens with two attached hydrogens (primary N) is 1. The Balaban J connectivity index is 2.20. The third-order valence-electron chi connectivity index (χ3n) is 2.80. The van der Waals surface area contributed by atoms with Crippen molar-refractivity contribution < 1.29 is 9.90 Å². The highest BCUT2D eigenvalue weighted by Crippen LogP contribution is 2.04. The van der Waals surface area contributed by atoms with Crippen LogP contribution in [0.25, 0.3) is 0 Å². The van der Waals surface area contributed by atoms with Gasteiger partial charge in [0.1, 0.15) is 0 Å². The molecule has 0 aliphatic heterocycles. The van der Waals surface area contributed by atoms with Gasteiger partial charge in [0.15, 0.2) is 0 Å². The number of unbranched alkanes of at least 4 members (excludes halogenated alkanes) is 2. The molecule has 0 heterocycles. The number of aliphatic hydroxyl groups excluding tert-OH is 1. The maximum Gasteiger partial charge on any atom is 0.220 e. The Kier molecular flexibility index (Phi) is 7.06.